The van der Waals surface area contributed by atoms with Crippen LogP contribution in [0.3, 0.4) is 0 Å². The molecule has 0 saturated carbocycles. The number of amides is 2. The topological polar surface area (TPSA) is 207 Å². The smallest absolute Gasteiger partial charge is 0.356 e. The number of carboxylic acids is 2. The molecule has 0 bridgehead atoms. The highest BCUT2D eigenvalue weighted by atomic mass is 32.2. The van der Waals surface area contributed by atoms with Gasteiger partial charge in [-0.3, -0.25) is 19.2 Å². The van der Waals surface area contributed by atoms with E-state index in [0.29, 0.717) is 0 Å². The molecule has 0 aliphatic heterocycles. The van der Waals surface area contributed by atoms with Crippen LogP contribution in [0.15, 0.2) is 5.16 Å². The van der Waals surface area contributed by atoms with Crippen molar-refractivity contribution in [2.45, 2.75) is 31.8 Å². The van der Waals surface area contributed by atoms with Crippen molar-refractivity contribution < 1.29 is 43.8 Å². The molecule has 0 aromatic rings. The Hall–Kier alpha value is -2.87. The van der Waals surface area contributed by atoms with E-state index in [0.717, 1.165) is 11.8 Å². The summed E-state index contributed by atoms with van der Waals surface area (Å²) in [5, 5.41) is 25.5. The van der Waals surface area contributed by atoms with Gasteiger partial charge < -0.3 is 36.2 Å². The maximum Gasteiger partial charge on any atom is 0.356 e. The number of nitrogens with two attached hydrogens (primary N) is 1. The van der Waals surface area contributed by atoms with Gasteiger partial charge in [0, 0.05) is 17.9 Å². The molecular weight excluding hydrogens is 424 g/mol. The van der Waals surface area contributed by atoms with Crippen molar-refractivity contribution in [2.75, 3.05) is 31.8 Å². The standard InChI is InChI=1S/C16H26N4O9S/c1-3-29-16(27)11(20-28-2)8-30-7-10(14(24)18-6-13(22)23)19-12(21)5-4-9(17)15(25)26/h9-10H,3-8,17H2,1-2H3,(H,18,24)(H,19,21)(H,22,23)(H,25,26)/b20-11-. The predicted molar refractivity (Wildman–Crippen MR) is 106 cm³/mol. The maximum absolute atomic E-state index is 12.2. The Morgan fingerprint density at radius 3 is 2.40 bits per heavy atom. The second-order valence-electron chi connectivity index (χ2n) is 5.67. The van der Waals surface area contributed by atoms with Gasteiger partial charge in [-0.05, 0) is 13.3 Å². The van der Waals surface area contributed by atoms with E-state index in [1.54, 1.807) is 6.92 Å². The first kappa shape index (κ1) is 27.1. The molecule has 2 amide bonds. The van der Waals surface area contributed by atoms with Crippen LogP contribution in [0, 0.1) is 0 Å². The summed E-state index contributed by atoms with van der Waals surface area (Å²) >= 11 is 1.04. The average molecular weight is 450 g/mol. The van der Waals surface area contributed by atoms with E-state index in [4.69, 9.17) is 20.7 Å². The molecule has 0 heterocycles. The molecule has 2 atom stereocenters. The third-order valence-electron chi connectivity index (χ3n) is 3.30. The Balaban J connectivity index is 4.95. The zero-order chi connectivity index (χ0) is 23.1. The van der Waals surface area contributed by atoms with Crippen LogP contribution in [0.25, 0.3) is 0 Å². The minimum absolute atomic E-state index is 0.00482. The molecule has 0 aromatic carbocycles. The van der Waals surface area contributed by atoms with E-state index >= 15 is 0 Å². The molecule has 0 aromatic heterocycles. The second-order valence-corrected chi connectivity index (χ2v) is 6.70. The van der Waals surface area contributed by atoms with Gasteiger partial charge in [-0.25, -0.2) is 4.79 Å². The summed E-state index contributed by atoms with van der Waals surface area (Å²) in [6, 6.07) is -2.38. The van der Waals surface area contributed by atoms with Crippen molar-refractivity contribution in [3.63, 3.8) is 0 Å². The van der Waals surface area contributed by atoms with Gasteiger partial charge in [0.05, 0.1) is 6.61 Å². The third kappa shape index (κ3) is 11.9. The summed E-state index contributed by atoms with van der Waals surface area (Å²) in [6.45, 7) is 1.09. The van der Waals surface area contributed by atoms with Crippen LogP contribution < -0.4 is 16.4 Å². The molecule has 2 unspecified atom stereocenters. The summed E-state index contributed by atoms with van der Waals surface area (Å²) in [5.41, 5.74) is 5.29. The molecule has 0 rings (SSSR count). The quantitative estimate of drug-likeness (QED) is 0.106. The highest BCUT2D eigenvalue weighted by Crippen LogP contribution is 2.07. The number of ether oxygens (including phenoxy) is 1. The summed E-state index contributed by atoms with van der Waals surface area (Å²) in [7, 11) is 1.24. The Labute approximate surface area is 176 Å². The van der Waals surface area contributed by atoms with Gasteiger partial charge in [0.25, 0.3) is 0 Å². The van der Waals surface area contributed by atoms with E-state index in [1.165, 1.54) is 7.11 Å². The number of oxime groups is 1. The van der Waals surface area contributed by atoms with E-state index in [2.05, 4.69) is 20.6 Å². The Morgan fingerprint density at radius 2 is 1.87 bits per heavy atom. The van der Waals surface area contributed by atoms with Crippen LogP contribution in [-0.4, -0.2) is 89.5 Å². The van der Waals surface area contributed by atoms with Crippen LogP contribution in [0.1, 0.15) is 19.8 Å². The molecule has 6 N–H and O–H groups in total. The fourth-order valence-corrected chi connectivity index (χ4v) is 2.82. The third-order valence-corrected chi connectivity index (χ3v) is 4.35. The van der Waals surface area contributed by atoms with Crippen molar-refractivity contribution >= 4 is 47.2 Å². The van der Waals surface area contributed by atoms with E-state index in [1.807, 2.05) is 0 Å². The first-order valence-electron chi connectivity index (χ1n) is 8.74. The highest BCUT2D eigenvalue weighted by molar-refractivity contribution is 8.00. The summed E-state index contributed by atoms with van der Waals surface area (Å²) in [5.74, 6) is -4.69. The van der Waals surface area contributed by atoms with Gasteiger partial charge in [-0.1, -0.05) is 5.16 Å². The number of nitrogens with one attached hydrogen (secondary N) is 2. The lowest BCUT2D eigenvalue weighted by Crippen LogP contribution is -2.49. The number of rotatable bonds is 15. The molecule has 30 heavy (non-hydrogen) atoms. The molecular formula is C16H26N4O9S. The van der Waals surface area contributed by atoms with E-state index in [-0.39, 0.29) is 36.7 Å². The first-order chi connectivity index (χ1) is 14.1. The van der Waals surface area contributed by atoms with Gasteiger partial charge >= 0.3 is 17.9 Å². The maximum atomic E-state index is 12.2. The fraction of sp³-hybridized carbons (Fsp3) is 0.625. The molecule has 0 fully saturated rings. The molecule has 0 spiro atoms. The lowest BCUT2D eigenvalue weighted by Gasteiger charge is -2.18. The SMILES string of the molecule is CCOC(=O)/C(CSCC(NC(=O)CCC(N)C(=O)O)C(=O)NCC(=O)O)=N\OC. The van der Waals surface area contributed by atoms with Gasteiger partial charge in [-0.15, -0.1) is 0 Å². The normalized spacial score (nSPS) is 13.0. The van der Waals surface area contributed by atoms with E-state index in [9.17, 15) is 24.0 Å². The molecule has 14 heteroatoms. The van der Waals surface area contributed by atoms with Gasteiger partial charge in [0.1, 0.15) is 25.7 Å². The molecule has 0 aliphatic rings. The van der Waals surface area contributed by atoms with Crippen LogP contribution in [-0.2, 0) is 33.5 Å². The van der Waals surface area contributed by atoms with Crippen LogP contribution in [0.4, 0.5) is 0 Å². The predicted octanol–water partition coefficient (Wildman–Crippen LogP) is -1.84. The summed E-state index contributed by atoms with van der Waals surface area (Å²) < 4.78 is 4.83. The zero-order valence-corrected chi connectivity index (χ0v) is 17.4. The van der Waals surface area contributed by atoms with Crippen molar-refractivity contribution in [3.8, 4) is 0 Å². The average Bonchev–Trinajstić information content (AvgIpc) is 2.68. The zero-order valence-electron chi connectivity index (χ0n) is 16.6. The Kier molecular flexibility index (Phi) is 13.6. The number of esters is 1. The molecule has 0 aliphatic carbocycles. The highest BCUT2D eigenvalue weighted by Gasteiger charge is 2.23. The number of hydrogen-bond donors (Lipinski definition) is 5. The van der Waals surface area contributed by atoms with Crippen molar-refractivity contribution in [1.29, 1.82) is 0 Å². The van der Waals surface area contributed by atoms with Crippen LogP contribution in [0.2, 0.25) is 0 Å². The lowest BCUT2D eigenvalue weighted by atomic mass is 10.1. The number of carbonyl (C=O) groups excluding carboxylic acids is 3. The molecule has 0 radical (unpaired) electrons. The van der Waals surface area contributed by atoms with Crippen molar-refractivity contribution in [1.82, 2.24) is 10.6 Å². The van der Waals surface area contributed by atoms with Crippen LogP contribution in [0.5, 0.6) is 0 Å². The number of thioether (sulfide) groups is 1. The van der Waals surface area contributed by atoms with Gasteiger partial charge in [0.15, 0.2) is 5.71 Å². The minimum atomic E-state index is -1.27. The second kappa shape index (κ2) is 15.0. The number of carboxylic acid groups (broad SMARTS) is 2. The monoisotopic (exact) mass is 450 g/mol. The number of carbonyl (C=O) groups is 5. The van der Waals surface area contributed by atoms with Gasteiger partial charge in [-0.2, -0.15) is 11.8 Å². The summed E-state index contributed by atoms with van der Waals surface area (Å²) in [4.78, 5) is 61.9. The largest absolute Gasteiger partial charge is 0.480 e. The van der Waals surface area contributed by atoms with Gasteiger partial charge in [0.2, 0.25) is 11.8 Å². The fourth-order valence-electron chi connectivity index (χ4n) is 1.87. The Morgan fingerprint density at radius 1 is 1.20 bits per heavy atom. The Bertz CT molecular complexity index is 657. The van der Waals surface area contributed by atoms with Crippen molar-refractivity contribution in [2.24, 2.45) is 10.9 Å². The summed E-state index contributed by atoms with van der Waals surface area (Å²) in [6.07, 6.45) is -0.397. The van der Waals surface area contributed by atoms with Crippen LogP contribution >= 0.6 is 11.8 Å². The lowest BCUT2D eigenvalue weighted by molar-refractivity contribution is -0.139. The van der Waals surface area contributed by atoms with Crippen molar-refractivity contribution in [3.05, 3.63) is 0 Å². The first-order valence-corrected chi connectivity index (χ1v) is 9.89. The van der Waals surface area contributed by atoms with E-state index < -0.39 is 48.4 Å². The number of nitrogens with zero attached hydrogens (tertiary/aromatic N) is 1. The number of hydrogen-bond acceptors (Lipinski definition) is 10. The number of aliphatic carboxylic acids is 2. The molecule has 13 nitrogen and oxygen atoms in total. The molecule has 170 valence electrons. The molecule has 0 saturated heterocycles. The minimum Gasteiger partial charge on any atom is -0.480 e.